The third-order valence-corrected chi connectivity index (χ3v) is 4.24. The first kappa shape index (κ1) is 18.0. The monoisotopic (exact) mass is 504 g/mol. The van der Waals surface area contributed by atoms with Gasteiger partial charge in [-0.1, -0.05) is 15.9 Å². The summed E-state index contributed by atoms with van der Waals surface area (Å²) in [6, 6.07) is 10.1. The zero-order valence-corrected chi connectivity index (χ0v) is 16.4. The minimum Gasteiger partial charge on any atom is -0.508 e. The van der Waals surface area contributed by atoms with Gasteiger partial charge in [0.1, 0.15) is 11.5 Å². The number of nitrogens with zero attached hydrogens (tertiary/aromatic N) is 1. The van der Waals surface area contributed by atoms with E-state index in [0.29, 0.717) is 5.75 Å². The number of nitrogens with one attached hydrogen (secondary N) is 1. The maximum Gasteiger partial charge on any atom is 0.277 e. The SMILES string of the molecule is O=C(COc1c(Br)cc(Br)cc1Br)NN=Cc1ccc(O)cc1. The van der Waals surface area contributed by atoms with E-state index in [2.05, 4.69) is 58.3 Å². The molecule has 0 radical (unpaired) electrons. The van der Waals surface area contributed by atoms with E-state index in [9.17, 15) is 4.79 Å². The molecule has 0 unspecified atom stereocenters. The number of aromatic hydroxyl groups is 1. The Bertz CT molecular complexity index is 710. The van der Waals surface area contributed by atoms with Crippen molar-refractivity contribution in [2.45, 2.75) is 0 Å². The molecule has 5 nitrogen and oxygen atoms in total. The third-order valence-electron chi connectivity index (χ3n) is 2.61. The van der Waals surface area contributed by atoms with Crippen molar-refractivity contribution in [2.24, 2.45) is 5.10 Å². The van der Waals surface area contributed by atoms with Gasteiger partial charge in [-0.15, -0.1) is 0 Å². The van der Waals surface area contributed by atoms with E-state index >= 15 is 0 Å². The normalized spacial score (nSPS) is 10.7. The average Bonchev–Trinajstić information content (AvgIpc) is 2.48. The van der Waals surface area contributed by atoms with Gasteiger partial charge in [-0.25, -0.2) is 5.43 Å². The van der Waals surface area contributed by atoms with Gasteiger partial charge in [0.15, 0.2) is 6.61 Å². The number of phenols is 1. The van der Waals surface area contributed by atoms with E-state index in [1.165, 1.54) is 18.3 Å². The van der Waals surface area contributed by atoms with E-state index in [1.807, 2.05) is 12.1 Å². The summed E-state index contributed by atoms with van der Waals surface area (Å²) in [7, 11) is 0. The Morgan fingerprint density at radius 2 is 1.78 bits per heavy atom. The van der Waals surface area contributed by atoms with Crippen LogP contribution in [0.1, 0.15) is 5.56 Å². The maximum absolute atomic E-state index is 11.7. The van der Waals surface area contributed by atoms with Gasteiger partial charge in [0.05, 0.1) is 15.2 Å². The van der Waals surface area contributed by atoms with E-state index in [0.717, 1.165) is 19.0 Å². The fourth-order valence-corrected chi connectivity index (χ4v) is 4.06. The number of benzene rings is 2. The second-order valence-corrected chi connectivity index (χ2v) is 7.00. The molecule has 2 rings (SSSR count). The summed E-state index contributed by atoms with van der Waals surface area (Å²) >= 11 is 10.1. The van der Waals surface area contributed by atoms with Crippen molar-refractivity contribution in [3.8, 4) is 11.5 Å². The molecule has 0 saturated carbocycles. The molecule has 0 aromatic heterocycles. The summed E-state index contributed by atoms with van der Waals surface area (Å²) < 4.78 is 7.79. The molecule has 2 aromatic rings. The van der Waals surface area contributed by atoms with Crippen LogP contribution in [0.5, 0.6) is 11.5 Å². The standard InChI is InChI=1S/C15H11Br3N2O3/c16-10-5-12(17)15(13(18)6-10)23-8-14(22)20-19-7-9-1-3-11(21)4-2-9/h1-7,21H,8H2,(H,20,22). The predicted octanol–water partition coefficient (Wildman–Crippen LogP) is 4.21. The van der Waals surface area contributed by atoms with Gasteiger partial charge in [0.25, 0.3) is 5.91 Å². The first-order valence-electron chi connectivity index (χ1n) is 6.34. The Kier molecular flexibility index (Phi) is 6.61. The van der Waals surface area contributed by atoms with Crippen LogP contribution in [0.2, 0.25) is 0 Å². The zero-order valence-electron chi connectivity index (χ0n) is 11.6. The fourth-order valence-electron chi connectivity index (χ4n) is 1.58. The van der Waals surface area contributed by atoms with Gasteiger partial charge < -0.3 is 9.84 Å². The lowest BCUT2D eigenvalue weighted by atomic mass is 10.2. The Morgan fingerprint density at radius 1 is 1.17 bits per heavy atom. The Morgan fingerprint density at radius 3 is 2.39 bits per heavy atom. The number of hydrogen-bond donors (Lipinski definition) is 2. The molecule has 0 saturated heterocycles. The van der Waals surface area contributed by atoms with Crippen LogP contribution in [0.15, 0.2) is 54.9 Å². The summed E-state index contributed by atoms with van der Waals surface area (Å²) in [6.45, 7) is -0.175. The molecule has 0 bridgehead atoms. The smallest absolute Gasteiger partial charge is 0.277 e. The fraction of sp³-hybridized carbons (Fsp3) is 0.0667. The van der Waals surface area contributed by atoms with E-state index in [1.54, 1.807) is 12.1 Å². The Balaban J connectivity index is 1.87. The average molecular weight is 507 g/mol. The van der Waals surface area contributed by atoms with Gasteiger partial charge in [-0.3, -0.25) is 4.79 Å². The molecule has 0 spiro atoms. The van der Waals surface area contributed by atoms with Crippen LogP contribution >= 0.6 is 47.8 Å². The molecule has 0 aliphatic rings. The highest BCUT2D eigenvalue weighted by Gasteiger charge is 2.10. The lowest BCUT2D eigenvalue weighted by Gasteiger charge is -2.09. The van der Waals surface area contributed by atoms with Gasteiger partial charge in [-0.05, 0) is 73.8 Å². The van der Waals surface area contributed by atoms with E-state index in [4.69, 9.17) is 9.84 Å². The molecule has 0 atom stereocenters. The van der Waals surface area contributed by atoms with Crippen molar-refractivity contribution >= 4 is 59.9 Å². The highest BCUT2D eigenvalue weighted by Crippen LogP contribution is 2.36. The van der Waals surface area contributed by atoms with Crippen LogP contribution < -0.4 is 10.2 Å². The Hall–Kier alpha value is -1.38. The number of rotatable bonds is 5. The first-order chi connectivity index (χ1) is 11.0. The number of halogens is 3. The van der Waals surface area contributed by atoms with Crippen LogP contribution in [0.25, 0.3) is 0 Å². The minimum atomic E-state index is -0.387. The topological polar surface area (TPSA) is 70.9 Å². The molecule has 2 N–H and O–H groups in total. The molecule has 120 valence electrons. The van der Waals surface area contributed by atoms with Crippen LogP contribution in [0.4, 0.5) is 0 Å². The zero-order chi connectivity index (χ0) is 16.8. The number of ether oxygens (including phenoxy) is 1. The molecule has 0 heterocycles. The molecular formula is C15H11Br3N2O3. The van der Waals surface area contributed by atoms with Crippen molar-refractivity contribution in [3.63, 3.8) is 0 Å². The quantitative estimate of drug-likeness (QED) is 0.471. The Labute approximate surface area is 158 Å². The third kappa shape index (κ3) is 5.63. The highest BCUT2D eigenvalue weighted by molar-refractivity contribution is 9.11. The van der Waals surface area contributed by atoms with Crippen molar-refractivity contribution in [3.05, 3.63) is 55.4 Å². The molecule has 0 aliphatic carbocycles. The summed E-state index contributed by atoms with van der Waals surface area (Å²) in [5, 5.41) is 13.0. The first-order valence-corrected chi connectivity index (χ1v) is 8.72. The highest BCUT2D eigenvalue weighted by atomic mass is 79.9. The molecular weight excluding hydrogens is 496 g/mol. The number of hydrazone groups is 1. The predicted molar refractivity (Wildman–Crippen MR) is 98.9 cm³/mol. The number of phenolic OH excluding ortho intramolecular Hbond substituents is 1. The number of carbonyl (C=O) groups is 1. The minimum absolute atomic E-state index is 0.172. The van der Waals surface area contributed by atoms with Crippen molar-refractivity contribution in [1.29, 1.82) is 0 Å². The van der Waals surface area contributed by atoms with Gasteiger partial charge in [-0.2, -0.15) is 5.10 Å². The maximum atomic E-state index is 11.7. The lowest BCUT2D eigenvalue weighted by Crippen LogP contribution is -2.24. The summed E-state index contributed by atoms with van der Waals surface area (Å²) in [5.41, 5.74) is 3.12. The van der Waals surface area contributed by atoms with Gasteiger partial charge in [0.2, 0.25) is 0 Å². The summed E-state index contributed by atoms with van der Waals surface area (Å²) in [5.74, 6) is 0.317. The van der Waals surface area contributed by atoms with Crippen molar-refractivity contribution in [1.82, 2.24) is 5.43 Å². The van der Waals surface area contributed by atoms with Crippen molar-refractivity contribution in [2.75, 3.05) is 6.61 Å². The van der Waals surface area contributed by atoms with Gasteiger partial charge >= 0.3 is 0 Å². The number of hydrogen-bond acceptors (Lipinski definition) is 4. The molecule has 23 heavy (non-hydrogen) atoms. The van der Waals surface area contributed by atoms with Gasteiger partial charge in [0, 0.05) is 4.47 Å². The summed E-state index contributed by atoms with van der Waals surface area (Å²) in [4.78, 5) is 11.7. The second-order valence-electron chi connectivity index (χ2n) is 4.37. The molecule has 2 aromatic carbocycles. The van der Waals surface area contributed by atoms with Crippen molar-refractivity contribution < 1.29 is 14.6 Å². The largest absolute Gasteiger partial charge is 0.508 e. The molecule has 8 heteroatoms. The van der Waals surface area contributed by atoms with E-state index in [-0.39, 0.29) is 18.3 Å². The molecule has 0 aliphatic heterocycles. The van der Waals surface area contributed by atoms with E-state index < -0.39 is 0 Å². The van der Waals surface area contributed by atoms with Crippen LogP contribution in [0, 0.1) is 0 Å². The molecule has 1 amide bonds. The second kappa shape index (κ2) is 8.47. The lowest BCUT2D eigenvalue weighted by molar-refractivity contribution is -0.123. The van der Waals surface area contributed by atoms with Crippen LogP contribution in [-0.2, 0) is 4.79 Å². The van der Waals surface area contributed by atoms with Crippen LogP contribution in [0.3, 0.4) is 0 Å². The number of amides is 1. The van der Waals surface area contributed by atoms with Crippen LogP contribution in [-0.4, -0.2) is 23.8 Å². The molecule has 0 fully saturated rings. The number of carbonyl (C=O) groups excluding carboxylic acids is 1. The summed E-state index contributed by atoms with van der Waals surface area (Å²) in [6.07, 6.45) is 1.48.